The highest BCUT2D eigenvalue weighted by atomic mass is 16.5. The average Bonchev–Trinajstić information content (AvgIpc) is 3.19. The van der Waals surface area contributed by atoms with Gasteiger partial charge in [0.15, 0.2) is 5.69 Å². The van der Waals surface area contributed by atoms with Crippen molar-refractivity contribution in [2.24, 2.45) is 0 Å². The van der Waals surface area contributed by atoms with E-state index in [1.165, 1.54) is 0 Å². The topological polar surface area (TPSA) is 92.1 Å². The molecule has 1 saturated heterocycles. The minimum Gasteiger partial charge on any atom is -0.489 e. The minimum absolute atomic E-state index is 0.0210. The molecule has 2 N–H and O–H groups in total. The van der Waals surface area contributed by atoms with Gasteiger partial charge >= 0.3 is 0 Å². The van der Waals surface area contributed by atoms with Crippen molar-refractivity contribution in [3.8, 4) is 5.75 Å². The summed E-state index contributed by atoms with van der Waals surface area (Å²) in [4.78, 5) is 41.7. The predicted molar refractivity (Wildman–Crippen MR) is 129 cm³/mol. The van der Waals surface area contributed by atoms with Crippen LogP contribution in [0.15, 0.2) is 42.5 Å². The van der Waals surface area contributed by atoms with Crippen molar-refractivity contribution in [3.63, 3.8) is 0 Å². The van der Waals surface area contributed by atoms with E-state index < -0.39 is 11.9 Å². The highest BCUT2D eigenvalue weighted by molar-refractivity contribution is 6.05. The molecule has 2 heterocycles. The Hall–Kier alpha value is -3.70. The van der Waals surface area contributed by atoms with Gasteiger partial charge in [-0.15, -0.1) is 0 Å². The summed E-state index contributed by atoms with van der Waals surface area (Å²) in [5, 5.41) is 5.96. The maximum absolute atomic E-state index is 12.9. The Morgan fingerprint density at radius 2 is 1.86 bits per heavy atom. The van der Waals surface area contributed by atoms with Crippen molar-refractivity contribution in [2.75, 3.05) is 0 Å². The van der Waals surface area contributed by atoms with E-state index in [1.807, 2.05) is 36.4 Å². The molecular weight excluding hydrogens is 444 g/mol. The van der Waals surface area contributed by atoms with Gasteiger partial charge in [0.1, 0.15) is 17.9 Å². The first-order valence-electron chi connectivity index (χ1n) is 12.2. The molecule has 2 aliphatic heterocycles. The van der Waals surface area contributed by atoms with Gasteiger partial charge in [0.2, 0.25) is 11.8 Å². The van der Waals surface area contributed by atoms with Crippen LogP contribution in [0.1, 0.15) is 60.0 Å². The zero-order valence-electron chi connectivity index (χ0n) is 19.5. The molecule has 1 saturated carbocycles. The Balaban J connectivity index is 1.24. The molecule has 0 radical (unpaired) electrons. The Morgan fingerprint density at radius 3 is 2.63 bits per heavy atom. The quantitative estimate of drug-likeness (QED) is 0.496. The van der Waals surface area contributed by atoms with E-state index in [9.17, 15) is 14.4 Å². The summed E-state index contributed by atoms with van der Waals surface area (Å²) >= 11 is 0. The second-order valence-corrected chi connectivity index (χ2v) is 9.43. The fourth-order valence-electron chi connectivity index (χ4n) is 5.21. The number of piperidine rings is 1. The van der Waals surface area contributed by atoms with E-state index in [4.69, 9.17) is 11.3 Å². The molecule has 3 amide bonds. The molecule has 3 aliphatic rings. The Morgan fingerprint density at radius 1 is 1.06 bits per heavy atom. The summed E-state index contributed by atoms with van der Waals surface area (Å²) in [5.74, 6) is -0.148. The molecule has 2 fully saturated rings. The second-order valence-electron chi connectivity index (χ2n) is 9.43. The van der Waals surface area contributed by atoms with Crippen LogP contribution < -0.4 is 15.4 Å². The zero-order valence-corrected chi connectivity index (χ0v) is 19.5. The number of ether oxygens (including phenoxy) is 1. The second kappa shape index (κ2) is 9.88. The van der Waals surface area contributed by atoms with E-state index in [1.54, 1.807) is 11.0 Å². The number of hydrogen-bond donors (Lipinski definition) is 2. The molecular formula is C27H28N4O4. The number of carbonyl (C=O) groups excluding carboxylic acids is 3. The third-order valence-electron chi connectivity index (χ3n) is 7.12. The van der Waals surface area contributed by atoms with Crippen LogP contribution in [0, 0.1) is 6.57 Å². The number of nitrogens with one attached hydrogen (secondary N) is 2. The summed E-state index contributed by atoms with van der Waals surface area (Å²) in [5.41, 5.74) is 3.20. The molecule has 180 valence electrons. The van der Waals surface area contributed by atoms with Crippen LogP contribution >= 0.6 is 0 Å². The highest BCUT2D eigenvalue weighted by Gasteiger charge is 2.39. The first-order chi connectivity index (χ1) is 17.0. The number of hydrogen-bond acceptors (Lipinski definition) is 5. The SMILES string of the molecule is [C-]#[N+]c1ccc(CN[C@@H]2CCCC[C@H]2Oc2ccc3c(c2)CN(C2CCC(=O)NC2=O)C3=O)cc1. The predicted octanol–water partition coefficient (Wildman–Crippen LogP) is 3.48. The molecule has 0 aromatic heterocycles. The molecule has 1 unspecified atom stereocenters. The number of carbonyl (C=O) groups is 3. The molecule has 2 aromatic rings. The summed E-state index contributed by atoms with van der Waals surface area (Å²) in [6.07, 6.45) is 4.84. The number of fused-ring (bicyclic) bond motifs is 1. The largest absolute Gasteiger partial charge is 0.489 e. The Kier molecular flexibility index (Phi) is 6.51. The average molecular weight is 473 g/mol. The molecule has 1 aliphatic carbocycles. The van der Waals surface area contributed by atoms with Gasteiger partial charge in [-0.3, -0.25) is 19.7 Å². The van der Waals surface area contributed by atoms with Gasteiger partial charge in [0, 0.05) is 31.1 Å². The van der Waals surface area contributed by atoms with E-state index in [-0.39, 0.29) is 30.4 Å². The minimum atomic E-state index is -0.618. The van der Waals surface area contributed by atoms with Crippen LogP contribution in [-0.2, 0) is 22.7 Å². The van der Waals surface area contributed by atoms with Crippen LogP contribution in [0.2, 0.25) is 0 Å². The van der Waals surface area contributed by atoms with E-state index in [0.717, 1.165) is 42.6 Å². The molecule has 8 heteroatoms. The van der Waals surface area contributed by atoms with Gasteiger partial charge in [-0.2, -0.15) is 0 Å². The molecule has 5 rings (SSSR count). The maximum atomic E-state index is 12.9. The smallest absolute Gasteiger partial charge is 0.255 e. The van der Waals surface area contributed by atoms with Crippen LogP contribution in [-0.4, -0.2) is 40.8 Å². The molecule has 8 nitrogen and oxygen atoms in total. The van der Waals surface area contributed by atoms with Crippen LogP contribution in [0.25, 0.3) is 4.85 Å². The van der Waals surface area contributed by atoms with Gasteiger partial charge in [-0.05, 0) is 55.0 Å². The zero-order chi connectivity index (χ0) is 24.4. The number of benzene rings is 2. The first kappa shape index (κ1) is 23.1. The molecule has 35 heavy (non-hydrogen) atoms. The summed E-state index contributed by atoms with van der Waals surface area (Å²) in [7, 11) is 0. The molecule has 3 atom stereocenters. The third kappa shape index (κ3) is 4.91. The van der Waals surface area contributed by atoms with Crippen LogP contribution in [0.3, 0.4) is 0 Å². The van der Waals surface area contributed by atoms with Gasteiger partial charge in [0.25, 0.3) is 5.91 Å². The molecule has 0 bridgehead atoms. The van der Waals surface area contributed by atoms with Crippen molar-refractivity contribution in [3.05, 3.63) is 70.6 Å². The van der Waals surface area contributed by atoms with E-state index in [2.05, 4.69) is 15.5 Å². The number of imide groups is 1. The van der Waals surface area contributed by atoms with Crippen molar-refractivity contribution in [1.82, 2.24) is 15.5 Å². The van der Waals surface area contributed by atoms with Gasteiger partial charge < -0.3 is 15.0 Å². The van der Waals surface area contributed by atoms with Crippen molar-refractivity contribution in [1.29, 1.82) is 0 Å². The van der Waals surface area contributed by atoms with Crippen molar-refractivity contribution >= 4 is 23.4 Å². The summed E-state index contributed by atoms with van der Waals surface area (Å²) in [6.45, 7) is 8.14. The lowest BCUT2D eigenvalue weighted by atomic mass is 9.92. The van der Waals surface area contributed by atoms with Gasteiger partial charge in [-0.25, -0.2) is 4.85 Å². The lowest BCUT2D eigenvalue weighted by Gasteiger charge is -2.33. The van der Waals surface area contributed by atoms with E-state index in [0.29, 0.717) is 30.8 Å². The lowest BCUT2D eigenvalue weighted by molar-refractivity contribution is -0.136. The van der Waals surface area contributed by atoms with E-state index >= 15 is 0 Å². The van der Waals surface area contributed by atoms with Crippen molar-refractivity contribution in [2.45, 2.75) is 69.8 Å². The van der Waals surface area contributed by atoms with Gasteiger partial charge in [0.05, 0.1) is 6.57 Å². The van der Waals surface area contributed by atoms with Crippen molar-refractivity contribution < 1.29 is 19.1 Å². The third-order valence-corrected chi connectivity index (χ3v) is 7.12. The summed E-state index contributed by atoms with van der Waals surface area (Å²) in [6, 6.07) is 12.7. The normalized spacial score (nSPS) is 24.0. The highest BCUT2D eigenvalue weighted by Crippen LogP contribution is 2.32. The first-order valence-corrected chi connectivity index (χ1v) is 12.2. The number of rotatable bonds is 6. The van der Waals surface area contributed by atoms with Gasteiger partial charge in [-0.1, -0.05) is 30.7 Å². The molecule has 2 aromatic carbocycles. The summed E-state index contributed by atoms with van der Waals surface area (Å²) < 4.78 is 6.41. The number of amides is 3. The van der Waals surface area contributed by atoms with Crippen LogP contribution in [0.4, 0.5) is 5.69 Å². The Labute approximate surface area is 204 Å². The number of nitrogens with zero attached hydrogens (tertiary/aromatic N) is 2. The standard InChI is InChI=1S/C27H28N4O4/c1-28-19-8-6-17(7-9-19)15-29-22-4-2-3-5-24(22)35-20-10-11-21-18(14-20)16-31(27(21)34)23-12-13-25(32)30-26(23)33/h6-11,14,22-24,29H,2-5,12-13,15-16H2,(H,30,32,33)/t22-,23?,24-/m1/s1. The Bertz CT molecular complexity index is 1190. The maximum Gasteiger partial charge on any atom is 0.255 e. The fraction of sp³-hybridized carbons (Fsp3) is 0.407. The van der Waals surface area contributed by atoms with Crippen LogP contribution in [0.5, 0.6) is 5.75 Å². The molecule has 0 spiro atoms. The fourth-order valence-corrected chi connectivity index (χ4v) is 5.21. The lowest BCUT2D eigenvalue weighted by Crippen LogP contribution is -2.52. The monoisotopic (exact) mass is 472 g/mol.